The van der Waals surface area contributed by atoms with Crippen LogP contribution < -0.4 is 5.73 Å². The molecule has 0 aliphatic carbocycles. The third-order valence-electron chi connectivity index (χ3n) is 3.38. The number of aromatic nitrogens is 2. The van der Waals surface area contributed by atoms with E-state index in [9.17, 15) is 0 Å². The van der Waals surface area contributed by atoms with Crippen LogP contribution in [0.5, 0.6) is 0 Å². The van der Waals surface area contributed by atoms with Gasteiger partial charge in [-0.3, -0.25) is 4.68 Å². The minimum Gasteiger partial charge on any atom is -0.379 e. The summed E-state index contributed by atoms with van der Waals surface area (Å²) in [6, 6.07) is -0.0531. The van der Waals surface area contributed by atoms with E-state index in [1.54, 1.807) is 7.11 Å². The van der Waals surface area contributed by atoms with Crippen molar-refractivity contribution in [1.82, 2.24) is 9.78 Å². The average molecular weight is 332 g/mol. The van der Waals surface area contributed by atoms with Gasteiger partial charge in [-0.1, -0.05) is 20.8 Å². The summed E-state index contributed by atoms with van der Waals surface area (Å²) in [5.41, 5.74) is 8.54. The second-order valence-corrected chi connectivity index (χ2v) is 6.85. The van der Waals surface area contributed by atoms with Crippen LogP contribution in [0.1, 0.15) is 39.1 Å². The van der Waals surface area contributed by atoms with Crippen molar-refractivity contribution in [3.05, 3.63) is 15.9 Å². The van der Waals surface area contributed by atoms with Crippen LogP contribution in [0, 0.1) is 12.3 Å². The van der Waals surface area contributed by atoms with Gasteiger partial charge in [0.1, 0.15) is 0 Å². The van der Waals surface area contributed by atoms with Crippen molar-refractivity contribution in [2.75, 3.05) is 7.11 Å². The Bertz CT molecular complexity index is 423. The van der Waals surface area contributed by atoms with Gasteiger partial charge in [-0.15, -0.1) is 0 Å². The number of halogens is 1. The first-order valence-corrected chi connectivity index (χ1v) is 7.51. The summed E-state index contributed by atoms with van der Waals surface area (Å²) in [4.78, 5) is 0. The van der Waals surface area contributed by atoms with Crippen molar-refractivity contribution in [2.45, 2.75) is 59.7 Å². The number of methoxy groups -OCH3 is 1. The van der Waals surface area contributed by atoms with E-state index in [0.717, 1.165) is 28.8 Å². The minimum atomic E-state index is -0.0531. The highest BCUT2D eigenvalue weighted by molar-refractivity contribution is 9.10. The lowest BCUT2D eigenvalue weighted by Gasteiger charge is -2.34. The molecule has 0 aliphatic rings. The Morgan fingerprint density at radius 3 is 2.42 bits per heavy atom. The highest BCUT2D eigenvalue weighted by Gasteiger charge is 2.31. The van der Waals surface area contributed by atoms with E-state index >= 15 is 0 Å². The first kappa shape index (κ1) is 16.7. The minimum absolute atomic E-state index is 0.0138. The molecular weight excluding hydrogens is 306 g/mol. The molecule has 0 aromatic carbocycles. The number of rotatable bonds is 5. The van der Waals surface area contributed by atoms with E-state index in [-0.39, 0.29) is 17.6 Å². The maximum Gasteiger partial charge on any atom is 0.0774 e. The number of nitrogens with two attached hydrogens (primary N) is 1. The molecular formula is C14H26BrN3O. The summed E-state index contributed by atoms with van der Waals surface area (Å²) in [5.74, 6) is 0. The van der Waals surface area contributed by atoms with Crippen molar-refractivity contribution < 1.29 is 4.74 Å². The van der Waals surface area contributed by atoms with Crippen LogP contribution in [0.15, 0.2) is 4.47 Å². The molecule has 0 saturated heterocycles. The quantitative estimate of drug-likeness (QED) is 0.902. The smallest absolute Gasteiger partial charge is 0.0774 e. The molecule has 0 amide bonds. The molecule has 110 valence electrons. The van der Waals surface area contributed by atoms with Crippen molar-refractivity contribution in [3.63, 3.8) is 0 Å². The summed E-state index contributed by atoms with van der Waals surface area (Å²) >= 11 is 3.61. The fourth-order valence-corrected chi connectivity index (χ4v) is 3.01. The molecule has 1 aromatic heterocycles. The van der Waals surface area contributed by atoms with Crippen LogP contribution >= 0.6 is 15.9 Å². The van der Waals surface area contributed by atoms with E-state index in [1.807, 2.05) is 11.6 Å². The van der Waals surface area contributed by atoms with Gasteiger partial charge < -0.3 is 10.5 Å². The zero-order chi connectivity index (χ0) is 14.8. The Hall–Kier alpha value is -0.390. The van der Waals surface area contributed by atoms with Crippen molar-refractivity contribution in [1.29, 1.82) is 0 Å². The SMILES string of the molecule is CCn1nc(C)c(Br)c1CC(N)C(OC)C(C)(C)C. The second kappa shape index (κ2) is 6.37. The van der Waals surface area contributed by atoms with E-state index in [4.69, 9.17) is 10.5 Å². The predicted molar refractivity (Wildman–Crippen MR) is 82.3 cm³/mol. The Kier molecular flexibility index (Phi) is 5.59. The summed E-state index contributed by atoms with van der Waals surface area (Å²) < 4.78 is 8.67. The third-order valence-corrected chi connectivity index (χ3v) is 4.41. The summed E-state index contributed by atoms with van der Waals surface area (Å²) in [6.07, 6.45) is 0.769. The van der Waals surface area contributed by atoms with Crippen LogP contribution in [-0.2, 0) is 17.7 Å². The van der Waals surface area contributed by atoms with Gasteiger partial charge in [0.05, 0.1) is 22.0 Å². The number of nitrogens with zero attached hydrogens (tertiary/aromatic N) is 2. The fraction of sp³-hybridized carbons (Fsp3) is 0.786. The summed E-state index contributed by atoms with van der Waals surface area (Å²) in [7, 11) is 1.73. The van der Waals surface area contributed by atoms with E-state index < -0.39 is 0 Å². The van der Waals surface area contributed by atoms with Gasteiger partial charge in [-0.2, -0.15) is 5.10 Å². The fourth-order valence-electron chi connectivity index (χ4n) is 2.56. The largest absolute Gasteiger partial charge is 0.379 e. The van der Waals surface area contributed by atoms with Crippen molar-refractivity contribution in [2.24, 2.45) is 11.1 Å². The Labute approximate surface area is 124 Å². The molecule has 0 saturated carbocycles. The van der Waals surface area contributed by atoms with Gasteiger partial charge in [0, 0.05) is 26.1 Å². The van der Waals surface area contributed by atoms with Crippen LogP contribution in [0.3, 0.4) is 0 Å². The van der Waals surface area contributed by atoms with Crippen LogP contribution in [0.25, 0.3) is 0 Å². The molecule has 0 aliphatic heterocycles. The van der Waals surface area contributed by atoms with Crippen molar-refractivity contribution >= 4 is 15.9 Å². The Morgan fingerprint density at radius 1 is 1.42 bits per heavy atom. The molecule has 4 nitrogen and oxygen atoms in total. The zero-order valence-electron chi connectivity index (χ0n) is 12.8. The highest BCUT2D eigenvalue weighted by atomic mass is 79.9. The van der Waals surface area contributed by atoms with Crippen LogP contribution in [0.4, 0.5) is 0 Å². The molecule has 1 aromatic rings. The van der Waals surface area contributed by atoms with E-state index in [0.29, 0.717) is 0 Å². The predicted octanol–water partition coefficient (Wildman–Crippen LogP) is 2.90. The summed E-state index contributed by atoms with van der Waals surface area (Å²) in [6.45, 7) is 11.4. The Balaban J connectivity index is 2.96. The molecule has 0 fully saturated rings. The maximum atomic E-state index is 6.36. The van der Waals surface area contributed by atoms with Gasteiger partial charge in [-0.05, 0) is 35.2 Å². The highest BCUT2D eigenvalue weighted by Crippen LogP contribution is 2.28. The monoisotopic (exact) mass is 331 g/mol. The van der Waals surface area contributed by atoms with Crippen molar-refractivity contribution in [3.8, 4) is 0 Å². The number of ether oxygens (including phenoxy) is 1. The van der Waals surface area contributed by atoms with Gasteiger partial charge >= 0.3 is 0 Å². The topological polar surface area (TPSA) is 53.1 Å². The molecule has 19 heavy (non-hydrogen) atoms. The van der Waals surface area contributed by atoms with E-state index in [1.165, 1.54) is 0 Å². The van der Waals surface area contributed by atoms with Gasteiger partial charge in [-0.25, -0.2) is 0 Å². The lowest BCUT2D eigenvalue weighted by atomic mass is 9.83. The maximum absolute atomic E-state index is 6.36. The molecule has 1 rings (SSSR count). The first-order valence-electron chi connectivity index (χ1n) is 6.72. The molecule has 1 heterocycles. The lowest BCUT2D eigenvalue weighted by Crippen LogP contribution is -2.46. The lowest BCUT2D eigenvalue weighted by molar-refractivity contribution is -0.00207. The third kappa shape index (κ3) is 3.80. The van der Waals surface area contributed by atoms with Crippen LogP contribution in [0.2, 0.25) is 0 Å². The number of aryl methyl sites for hydroxylation is 2. The average Bonchev–Trinajstić information content (AvgIpc) is 2.55. The molecule has 0 bridgehead atoms. The Morgan fingerprint density at radius 2 is 2.00 bits per heavy atom. The summed E-state index contributed by atoms with van der Waals surface area (Å²) in [5, 5.41) is 4.50. The second-order valence-electron chi connectivity index (χ2n) is 6.05. The van der Waals surface area contributed by atoms with Gasteiger partial charge in [0.15, 0.2) is 0 Å². The molecule has 2 atom stereocenters. The normalized spacial score (nSPS) is 15.6. The van der Waals surface area contributed by atoms with E-state index in [2.05, 4.69) is 48.7 Å². The zero-order valence-corrected chi connectivity index (χ0v) is 14.4. The molecule has 5 heteroatoms. The number of hydrogen-bond acceptors (Lipinski definition) is 3. The van der Waals surface area contributed by atoms with Crippen LogP contribution in [-0.4, -0.2) is 29.0 Å². The molecule has 0 radical (unpaired) electrons. The standard InChI is InChI=1S/C14H26BrN3O/c1-7-18-11(12(15)9(2)17-18)8-10(16)13(19-6)14(3,4)5/h10,13H,7-8,16H2,1-6H3. The van der Waals surface area contributed by atoms with Gasteiger partial charge in [0.2, 0.25) is 0 Å². The number of hydrogen-bond donors (Lipinski definition) is 1. The molecule has 2 unspecified atom stereocenters. The first-order chi connectivity index (χ1) is 8.72. The molecule has 0 spiro atoms. The molecule has 2 N–H and O–H groups in total. The van der Waals surface area contributed by atoms with Gasteiger partial charge in [0.25, 0.3) is 0 Å².